The molecule has 4 heteroatoms. The summed E-state index contributed by atoms with van der Waals surface area (Å²) >= 11 is 0. The van der Waals surface area contributed by atoms with Gasteiger partial charge in [0.25, 0.3) is 0 Å². The fourth-order valence-electron chi connectivity index (χ4n) is 3.57. The van der Waals surface area contributed by atoms with E-state index in [9.17, 15) is 4.79 Å². The van der Waals surface area contributed by atoms with Gasteiger partial charge in [-0.25, -0.2) is 0 Å². The number of carbonyl (C=O) groups is 1. The number of hydrogen-bond acceptors (Lipinski definition) is 3. The molecule has 0 saturated heterocycles. The SMILES string of the molecule is CCCN(CC(=O)N(C(C)C)C(C)C)C1CCC(N)CC1. The molecule has 0 aromatic heterocycles. The highest BCUT2D eigenvalue weighted by Gasteiger charge is 2.28. The van der Waals surface area contributed by atoms with E-state index in [4.69, 9.17) is 5.73 Å². The molecule has 4 nitrogen and oxygen atoms in total. The minimum Gasteiger partial charge on any atom is -0.337 e. The van der Waals surface area contributed by atoms with E-state index < -0.39 is 0 Å². The Labute approximate surface area is 131 Å². The molecule has 1 amide bonds. The molecule has 0 aliphatic heterocycles. The average Bonchev–Trinajstić information content (AvgIpc) is 2.38. The molecule has 0 radical (unpaired) electrons. The highest BCUT2D eigenvalue weighted by atomic mass is 16.2. The van der Waals surface area contributed by atoms with Crippen molar-refractivity contribution < 1.29 is 4.79 Å². The van der Waals surface area contributed by atoms with E-state index in [1.165, 1.54) is 0 Å². The van der Waals surface area contributed by atoms with Crippen molar-refractivity contribution >= 4 is 5.91 Å². The number of nitrogens with zero attached hydrogens (tertiary/aromatic N) is 2. The zero-order valence-corrected chi connectivity index (χ0v) is 14.6. The van der Waals surface area contributed by atoms with Crippen molar-refractivity contribution in [2.75, 3.05) is 13.1 Å². The average molecular weight is 297 g/mol. The van der Waals surface area contributed by atoms with Crippen LogP contribution in [0.5, 0.6) is 0 Å². The molecule has 1 fully saturated rings. The molecule has 0 unspecified atom stereocenters. The maximum atomic E-state index is 12.7. The van der Waals surface area contributed by atoms with Crippen molar-refractivity contribution in [2.45, 2.75) is 90.9 Å². The Hall–Kier alpha value is -0.610. The van der Waals surface area contributed by atoms with Gasteiger partial charge in [0.1, 0.15) is 0 Å². The summed E-state index contributed by atoms with van der Waals surface area (Å²) in [6.07, 6.45) is 5.56. The lowest BCUT2D eigenvalue weighted by Crippen LogP contribution is -2.50. The molecule has 1 saturated carbocycles. The van der Waals surface area contributed by atoms with Gasteiger partial charge in [-0.05, 0) is 66.3 Å². The molecule has 1 aliphatic rings. The van der Waals surface area contributed by atoms with Gasteiger partial charge in [0.15, 0.2) is 0 Å². The smallest absolute Gasteiger partial charge is 0.237 e. The molecule has 21 heavy (non-hydrogen) atoms. The zero-order chi connectivity index (χ0) is 16.0. The Kier molecular flexibility index (Phi) is 7.67. The summed E-state index contributed by atoms with van der Waals surface area (Å²) in [6, 6.07) is 1.43. The lowest BCUT2D eigenvalue weighted by molar-refractivity contribution is -0.136. The van der Waals surface area contributed by atoms with Gasteiger partial charge in [0.2, 0.25) is 5.91 Å². The second-order valence-corrected chi connectivity index (χ2v) is 7.03. The van der Waals surface area contributed by atoms with Crippen LogP contribution in [0.1, 0.15) is 66.7 Å². The molecule has 0 aromatic rings. The van der Waals surface area contributed by atoms with E-state index in [-0.39, 0.29) is 18.0 Å². The highest BCUT2D eigenvalue weighted by molar-refractivity contribution is 5.78. The topological polar surface area (TPSA) is 49.6 Å². The number of nitrogens with two attached hydrogens (primary N) is 1. The van der Waals surface area contributed by atoms with E-state index >= 15 is 0 Å². The largest absolute Gasteiger partial charge is 0.337 e. The predicted octanol–water partition coefficient (Wildman–Crippen LogP) is 2.61. The van der Waals surface area contributed by atoms with Gasteiger partial charge in [0, 0.05) is 24.2 Å². The second kappa shape index (κ2) is 8.74. The predicted molar refractivity (Wildman–Crippen MR) is 89.2 cm³/mol. The summed E-state index contributed by atoms with van der Waals surface area (Å²) in [5.41, 5.74) is 6.01. The fraction of sp³-hybridized carbons (Fsp3) is 0.941. The Balaban J connectivity index is 2.66. The molecule has 0 aromatic carbocycles. The van der Waals surface area contributed by atoms with Crippen LogP contribution in [0.4, 0.5) is 0 Å². The van der Waals surface area contributed by atoms with Gasteiger partial charge in [0.05, 0.1) is 6.54 Å². The number of carbonyl (C=O) groups excluding carboxylic acids is 1. The molecular formula is C17H35N3O. The summed E-state index contributed by atoms with van der Waals surface area (Å²) in [5, 5.41) is 0. The van der Waals surface area contributed by atoms with Gasteiger partial charge in [-0.15, -0.1) is 0 Å². The van der Waals surface area contributed by atoms with Crippen molar-refractivity contribution in [1.29, 1.82) is 0 Å². The Morgan fingerprint density at radius 2 is 1.62 bits per heavy atom. The lowest BCUT2D eigenvalue weighted by atomic mass is 9.90. The summed E-state index contributed by atoms with van der Waals surface area (Å²) in [7, 11) is 0. The Bertz CT molecular complexity index is 301. The maximum Gasteiger partial charge on any atom is 0.237 e. The van der Waals surface area contributed by atoms with E-state index in [0.717, 1.165) is 38.6 Å². The van der Waals surface area contributed by atoms with Crippen LogP contribution < -0.4 is 5.73 Å². The first-order valence-electron chi connectivity index (χ1n) is 8.67. The normalized spacial score (nSPS) is 23.1. The van der Waals surface area contributed by atoms with E-state index in [2.05, 4.69) is 39.5 Å². The Morgan fingerprint density at radius 1 is 1.10 bits per heavy atom. The summed E-state index contributed by atoms with van der Waals surface area (Å²) in [6.45, 7) is 12.2. The van der Waals surface area contributed by atoms with Gasteiger partial charge in [-0.2, -0.15) is 0 Å². The molecule has 1 aliphatic carbocycles. The van der Waals surface area contributed by atoms with Gasteiger partial charge < -0.3 is 10.6 Å². The molecule has 0 atom stereocenters. The van der Waals surface area contributed by atoms with Crippen LogP contribution in [0.15, 0.2) is 0 Å². The van der Waals surface area contributed by atoms with Crippen molar-refractivity contribution in [2.24, 2.45) is 5.73 Å². The summed E-state index contributed by atoms with van der Waals surface area (Å²) in [4.78, 5) is 17.1. The first-order chi connectivity index (χ1) is 9.86. The molecule has 0 bridgehead atoms. The highest BCUT2D eigenvalue weighted by Crippen LogP contribution is 2.22. The molecule has 2 N–H and O–H groups in total. The van der Waals surface area contributed by atoms with Crippen LogP contribution >= 0.6 is 0 Å². The van der Waals surface area contributed by atoms with Crippen LogP contribution in [0, 0.1) is 0 Å². The third kappa shape index (κ3) is 5.59. The molecule has 124 valence electrons. The Morgan fingerprint density at radius 3 is 2.05 bits per heavy atom. The number of hydrogen-bond donors (Lipinski definition) is 1. The number of amides is 1. The molecule has 1 rings (SSSR count). The molecule has 0 spiro atoms. The van der Waals surface area contributed by atoms with Crippen molar-refractivity contribution in [3.63, 3.8) is 0 Å². The standard InChI is InChI=1S/C17H35N3O/c1-6-11-19(16-9-7-15(18)8-10-16)12-17(21)20(13(2)3)14(4)5/h13-16H,6-12,18H2,1-5H3. The van der Waals surface area contributed by atoms with Crippen LogP contribution in [0.3, 0.4) is 0 Å². The summed E-state index contributed by atoms with van der Waals surface area (Å²) < 4.78 is 0. The van der Waals surface area contributed by atoms with E-state index in [1.807, 2.05) is 4.90 Å². The van der Waals surface area contributed by atoms with Crippen LogP contribution in [0.25, 0.3) is 0 Å². The first kappa shape index (κ1) is 18.4. The maximum absolute atomic E-state index is 12.7. The van der Waals surface area contributed by atoms with Crippen LogP contribution in [-0.4, -0.2) is 53.0 Å². The van der Waals surface area contributed by atoms with Crippen molar-refractivity contribution in [1.82, 2.24) is 9.80 Å². The third-order valence-corrected chi connectivity index (χ3v) is 4.51. The fourth-order valence-corrected chi connectivity index (χ4v) is 3.57. The number of rotatable bonds is 7. The molecular weight excluding hydrogens is 262 g/mol. The van der Waals surface area contributed by atoms with Crippen molar-refractivity contribution in [3.8, 4) is 0 Å². The lowest BCUT2D eigenvalue weighted by Gasteiger charge is -2.38. The zero-order valence-electron chi connectivity index (χ0n) is 14.6. The van der Waals surface area contributed by atoms with Crippen LogP contribution in [-0.2, 0) is 4.79 Å². The quantitative estimate of drug-likeness (QED) is 0.786. The minimum atomic E-state index is 0.265. The summed E-state index contributed by atoms with van der Waals surface area (Å²) in [5.74, 6) is 0.267. The van der Waals surface area contributed by atoms with Gasteiger partial charge in [-0.1, -0.05) is 6.92 Å². The van der Waals surface area contributed by atoms with Gasteiger partial charge in [-0.3, -0.25) is 9.69 Å². The third-order valence-electron chi connectivity index (χ3n) is 4.51. The van der Waals surface area contributed by atoms with Gasteiger partial charge >= 0.3 is 0 Å². The van der Waals surface area contributed by atoms with Crippen LogP contribution in [0.2, 0.25) is 0 Å². The van der Waals surface area contributed by atoms with Crippen molar-refractivity contribution in [3.05, 3.63) is 0 Å². The van der Waals surface area contributed by atoms with E-state index in [1.54, 1.807) is 0 Å². The second-order valence-electron chi connectivity index (χ2n) is 7.03. The monoisotopic (exact) mass is 297 g/mol. The molecule has 0 heterocycles. The first-order valence-corrected chi connectivity index (χ1v) is 8.67. The minimum absolute atomic E-state index is 0.265. The van der Waals surface area contributed by atoms with E-state index in [0.29, 0.717) is 18.6 Å².